The van der Waals surface area contributed by atoms with Crippen LogP contribution in [0.25, 0.3) is 0 Å². The first kappa shape index (κ1) is 15.5. The van der Waals surface area contributed by atoms with Gasteiger partial charge >= 0.3 is 5.97 Å². The summed E-state index contributed by atoms with van der Waals surface area (Å²) in [5.41, 5.74) is 1.87. The predicted octanol–water partition coefficient (Wildman–Crippen LogP) is 3.68. The molecule has 2 saturated carbocycles. The number of carbonyl (C=O) groups is 1. The molecule has 2 aliphatic rings. The zero-order valence-corrected chi connectivity index (χ0v) is 13.5. The molecule has 0 heterocycles. The molecule has 1 aromatic rings. The second kappa shape index (κ2) is 6.82. The lowest BCUT2D eigenvalue weighted by atomic mass is 9.57. The maximum absolute atomic E-state index is 11.8. The van der Waals surface area contributed by atoms with Crippen LogP contribution in [0.3, 0.4) is 0 Å². The van der Waals surface area contributed by atoms with E-state index in [0.29, 0.717) is 18.1 Å². The van der Waals surface area contributed by atoms with E-state index < -0.39 is 0 Å². The first-order valence-electron chi connectivity index (χ1n) is 8.65. The van der Waals surface area contributed by atoms with Crippen LogP contribution < -0.4 is 5.32 Å². The normalized spacial score (nSPS) is 30.8. The fourth-order valence-corrected chi connectivity index (χ4v) is 4.12. The second-order valence-corrected chi connectivity index (χ2v) is 7.00. The topological polar surface area (TPSA) is 38.3 Å². The largest absolute Gasteiger partial charge is 0.466 e. The Hall–Kier alpha value is -1.35. The predicted molar refractivity (Wildman–Crippen MR) is 87.3 cm³/mol. The van der Waals surface area contributed by atoms with Crippen LogP contribution in [0.15, 0.2) is 30.3 Å². The Balaban J connectivity index is 1.39. The molecule has 0 saturated heterocycles. The molecule has 3 rings (SSSR count). The minimum atomic E-state index is 0.0235. The lowest BCUT2D eigenvalue weighted by Gasteiger charge is -2.51. The van der Waals surface area contributed by atoms with Gasteiger partial charge in [-0.25, -0.2) is 0 Å². The summed E-state index contributed by atoms with van der Waals surface area (Å²) < 4.78 is 5.16. The van der Waals surface area contributed by atoms with Crippen LogP contribution in [0.5, 0.6) is 0 Å². The lowest BCUT2D eigenvalue weighted by Crippen LogP contribution is -2.50. The van der Waals surface area contributed by atoms with E-state index in [2.05, 4.69) is 35.6 Å². The summed E-state index contributed by atoms with van der Waals surface area (Å²) in [4.78, 5) is 11.8. The van der Waals surface area contributed by atoms with Crippen molar-refractivity contribution in [3.63, 3.8) is 0 Å². The van der Waals surface area contributed by atoms with E-state index in [1.165, 1.54) is 31.2 Å². The molecule has 1 spiro atoms. The van der Waals surface area contributed by atoms with E-state index >= 15 is 0 Å². The number of carbonyl (C=O) groups excluding carboxylic acids is 1. The van der Waals surface area contributed by atoms with Crippen molar-refractivity contribution in [2.24, 2.45) is 11.3 Å². The van der Waals surface area contributed by atoms with Crippen molar-refractivity contribution in [2.75, 3.05) is 6.61 Å². The summed E-state index contributed by atoms with van der Waals surface area (Å²) in [5, 5.41) is 3.67. The highest BCUT2D eigenvalue weighted by atomic mass is 16.5. The molecule has 120 valence electrons. The lowest BCUT2D eigenvalue weighted by molar-refractivity contribution is -0.150. The van der Waals surface area contributed by atoms with Crippen LogP contribution in [-0.2, 0) is 16.1 Å². The number of rotatable bonds is 5. The van der Waals surface area contributed by atoms with E-state index in [1.54, 1.807) is 0 Å². The SMILES string of the molecule is CCOC(=O)C1CCC2(CC1)CC(NCc1ccccc1)C2. The third-order valence-electron chi connectivity index (χ3n) is 5.46. The Labute approximate surface area is 133 Å². The van der Waals surface area contributed by atoms with Gasteiger partial charge in [-0.2, -0.15) is 0 Å². The highest BCUT2D eigenvalue weighted by molar-refractivity contribution is 5.72. The van der Waals surface area contributed by atoms with E-state index in [1.807, 2.05) is 6.92 Å². The Morgan fingerprint density at radius 3 is 2.55 bits per heavy atom. The maximum atomic E-state index is 11.8. The summed E-state index contributed by atoms with van der Waals surface area (Å²) in [6.45, 7) is 3.36. The molecule has 2 aliphatic carbocycles. The molecule has 0 radical (unpaired) electrons. The smallest absolute Gasteiger partial charge is 0.308 e. The monoisotopic (exact) mass is 301 g/mol. The van der Waals surface area contributed by atoms with Crippen molar-refractivity contribution in [1.29, 1.82) is 0 Å². The summed E-state index contributed by atoms with van der Waals surface area (Å²) >= 11 is 0. The molecule has 2 fully saturated rings. The second-order valence-electron chi connectivity index (χ2n) is 7.00. The Kier molecular flexibility index (Phi) is 4.82. The van der Waals surface area contributed by atoms with E-state index in [-0.39, 0.29) is 11.9 Å². The van der Waals surface area contributed by atoms with Gasteiger partial charge in [-0.15, -0.1) is 0 Å². The van der Waals surface area contributed by atoms with E-state index in [4.69, 9.17) is 4.74 Å². The van der Waals surface area contributed by atoms with E-state index in [0.717, 1.165) is 19.4 Å². The number of benzene rings is 1. The standard InChI is InChI=1S/C19H27NO2/c1-2-22-18(21)16-8-10-19(11-9-16)12-17(13-19)20-14-15-6-4-3-5-7-15/h3-7,16-17,20H,2,8-14H2,1H3. The van der Waals surface area contributed by atoms with Gasteiger partial charge in [0.2, 0.25) is 0 Å². The van der Waals surface area contributed by atoms with Crippen LogP contribution >= 0.6 is 0 Å². The number of ether oxygens (including phenoxy) is 1. The average molecular weight is 301 g/mol. The van der Waals surface area contributed by atoms with Crippen molar-refractivity contribution in [1.82, 2.24) is 5.32 Å². The van der Waals surface area contributed by atoms with Crippen molar-refractivity contribution in [3.05, 3.63) is 35.9 Å². The van der Waals surface area contributed by atoms with Crippen LogP contribution in [0.4, 0.5) is 0 Å². The number of hydrogen-bond acceptors (Lipinski definition) is 3. The molecule has 0 unspecified atom stereocenters. The van der Waals surface area contributed by atoms with Gasteiger partial charge in [-0.05, 0) is 56.4 Å². The Morgan fingerprint density at radius 1 is 1.23 bits per heavy atom. The van der Waals surface area contributed by atoms with Gasteiger partial charge in [0, 0.05) is 12.6 Å². The highest BCUT2D eigenvalue weighted by Crippen LogP contribution is 2.53. The minimum Gasteiger partial charge on any atom is -0.466 e. The van der Waals surface area contributed by atoms with Gasteiger partial charge in [-0.3, -0.25) is 4.79 Å². The molecule has 3 nitrogen and oxygen atoms in total. The summed E-state index contributed by atoms with van der Waals surface area (Å²) in [6.07, 6.45) is 6.97. The van der Waals surface area contributed by atoms with Crippen LogP contribution in [0, 0.1) is 11.3 Å². The number of esters is 1. The van der Waals surface area contributed by atoms with Gasteiger partial charge in [0.1, 0.15) is 0 Å². The fraction of sp³-hybridized carbons (Fsp3) is 0.632. The fourth-order valence-electron chi connectivity index (χ4n) is 4.12. The average Bonchev–Trinajstić information content (AvgIpc) is 2.52. The molecule has 1 aromatic carbocycles. The third kappa shape index (κ3) is 3.52. The van der Waals surface area contributed by atoms with Gasteiger partial charge in [0.25, 0.3) is 0 Å². The quantitative estimate of drug-likeness (QED) is 0.843. The summed E-state index contributed by atoms with van der Waals surface area (Å²) in [5.74, 6) is 0.178. The Morgan fingerprint density at radius 2 is 1.91 bits per heavy atom. The third-order valence-corrected chi connectivity index (χ3v) is 5.46. The van der Waals surface area contributed by atoms with Crippen LogP contribution in [-0.4, -0.2) is 18.6 Å². The first-order chi connectivity index (χ1) is 10.7. The number of hydrogen-bond donors (Lipinski definition) is 1. The number of nitrogens with one attached hydrogen (secondary N) is 1. The summed E-state index contributed by atoms with van der Waals surface area (Å²) in [6, 6.07) is 11.2. The van der Waals surface area contributed by atoms with Gasteiger partial charge in [-0.1, -0.05) is 30.3 Å². The molecule has 0 aromatic heterocycles. The molecule has 1 N–H and O–H groups in total. The van der Waals surface area contributed by atoms with Crippen molar-refractivity contribution in [3.8, 4) is 0 Å². The van der Waals surface area contributed by atoms with E-state index in [9.17, 15) is 4.79 Å². The van der Waals surface area contributed by atoms with Crippen LogP contribution in [0.1, 0.15) is 51.0 Å². The Bertz CT molecular complexity index is 483. The van der Waals surface area contributed by atoms with Crippen molar-refractivity contribution in [2.45, 2.75) is 58.0 Å². The van der Waals surface area contributed by atoms with Gasteiger partial charge < -0.3 is 10.1 Å². The highest BCUT2D eigenvalue weighted by Gasteiger charge is 2.46. The maximum Gasteiger partial charge on any atom is 0.308 e. The molecule has 0 atom stereocenters. The van der Waals surface area contributed by atoms with Crippen molar-refractivity contribution >= 4 is 5.97 Å². The molecular weight excluding hydrogens is 274 g/mol. The van der Waals surface area contributed by atoms with Gasteiger partial charge in [0.05, 0.1) is 12.5 Å². The molecular formula is C19H27NO2. The zero-order valence-electron chi connectivity index (χ0n) is 13.5. The van der Waals surface area contributed by atoms with Crippen LogP contribution in [0.2, 0.25) is 0 Å². The van der Waals surface area contributed by atoms with Crippen molar-refractivity contribution < 1.29 is 9.53 Å². The first-order valence-corrected chi connectivity index (χ1v) is 8.65. The molecule has 0 amide bonds. The molecule has 0 aliphatic heterocycles. The van der Waals surface area contributed by atoms with Gasteiger partial charge in [0.15, 0.2) is 0 Å². The molecule has 3 heteroatoms. The molecule has 22 heavy (non-hydrogen) atoms. The zero-order chi connectivity index (χ0) is 15.4. The molecule has 0 bridgehead atoms. The minimum absolute atomic E-state index is 0.0235. The summed E-state index contributed by atoms with van der Waals surface area (Å²) in [7, 11) is 0.